The Morgan fingerprint density at radius 1 is 1.20 bits per heavy atom. The molecule has 0 aliphatic carbocycles. The van der Waals surface area contributed by atoms with Crippen molar-refractivity contribution in [2.75, 3.05) is 5.32 Å². The largest absolute Gasteiger partial charge is 1.00 e. The van der Waals surface area contributed by atoms with Crippen molar-refractivity contribution in [1.29, 1.82) is 0 Å². The summed E-state index contributed by atoms with van der Waals surface area (Å²) >= 11 is 0. The van der Waals surface area contributed by atoms with Gasteiger partial charge in [0.2, 0.25) is 0 Å². The fraction of sp³-hybridized carbons (Fsp3) is 0. The fourth-order valence-corrected chi connectivity index (χ4v) is 1.53. The monoisotopic (exact) mass is 279 g/mol. The summed E-state index contributed by atoms with van der Waals surface area (Å²) < 4.78 is 0. The van der Waals surface area contributed by atoms with Gasteiger partial charge in [0, 0.05) is 35.1 Å². The Morgan fingerprint density at radius 2 is 1.85 bits per heavy atom. The summed E-state index contributed by atoms with van der Waals surface area (Å²) in [6, 6.07) is 9.39. The first-order valence-electron chi connectivity index (χ1n) is 5.42. The van der Waals surface area contributed by atoms with Crippen LogP contribution in [0, 0.1) is 0 Å². The molecule has 2 aromatic rings. The van der Waals surface area contributed by atoms with Crippen molar-refractivity contribution >= 4 is 17.5 Å². The molecule has 7 heteroatoms. The minimum Gasteiger partial charge on any atom is -0.856 e. The quantitative estimate of drug-likeness (QED) is 0.220. The van der Waals surface area contributed by atoms with Gasteiger partial charge in [0.25, 0.3) is 5.91 Å². The number of amides is 1. The van der Waals surface area contributed by atoms with Gasteiger partial charge in [-0.05, 0) is 18.2 Å². The number of pyridine rings is 1. The van der Waals surface area contributed by atoms with E-state index in [1.54, 1.807) is 30.3 Å². The van der Waals surface area contributed by atoms with Gasteiger partial charge in [0.15, 0.2) is 0 Å². The zero-order valence-electron chi connectivity index (χ0n) is 10.8. The van der Waals surface area contributed by atoms with Crippen molar-refractivity contribution in [2.45, 2.75) is 0 Å². The van der Waals surface area contributed by atoms with Gasteiger partial charge in [-0.1, -0.05) is 18.2 Å². The minimum absolute atomic E-state index is 0. The Hall–Kier alpha value is -1.89. The summed E-state index contributed by atoms with van der Waals surface area (Å²) in [6.45, 7) is 0. The maximum absolute atomic E-state index is 11.9. The molecule has 0 saturated heterocycles. The molecule has 2 rings (SSSR count). The van der Waals surface area contributed by atoms with E-state index in [-0.39, 0.29) is 46.7 Å². The van der Waals surface area contributed by atoms with Gasteiger partial charge < -0.3 is 15.6 Å². The van der Waals surface area contributed by atoms with E-state index in [0.29, 0.717) is 5.56 Å². The predicted molar refractivity (Wildman–Crippen MR) is 67.0 cm³/mol. The number of nitrogens with one attached hydrogen (secondary N) is 1. The van der Waals surface area contributed by atoms with E-state index in [4.69, 9.17) is 5.21 Å². The Morgan fingerprint density at radius 3 is 2.50 bits per heavy atom. The molecular weight excluding hydrogens is 269 g/mol. The SMILES string of the molecule is O=C(Nc1ccccc1/C([O-])=N\O)c1ccncc1.[Na+]. The molecule has 0 saturated carbocycles. The second kappa shape index (κ2) is 7.64. The maximum atomic E-state index is 11.9. The molecule has 0 aliphatic heterocycles. The first kappa shape index (κ1) is 16.2. The number of nitrogens with zero attached hydrogens (tertiary/aromatic N) is 2. The molecule has 0 aliphatic rings. The first-order chi connectivity index (χ1) is 9.22. The third kappa shape index (κ3) is 3.80. The minimum atomic E-state index is -0.814. The molecule has 1 aromatic heterocycles. The number of benzene rings is 1. The van der Waals surface area contributed by atoms with Gasteiger partial charge in [-0.15, -0.1) is 5.16 Å². The smallest absolute Gasteiger partial charge is 0.856 e. The average molecular weight is 279 g/mol. The molecular formula is C13H10N3NaO3. The maximum Gasteiger partial charge on any atom is 1.00 e. The molecule has 1 heterocycles. The molecule has 0 fully saturated rings. The molecule has 0 spiro atoms. The number of aromatic nitrogens is 1. The fourth-order valence-electron chi connectivity index (χ4n) is 1.53. The number of carbonyl (C=O) groups is 1. The van der Waals surface area contributed by atoms with Crippen LogP contribution in [-0.2, 0) is 0 Å². The summed E-state index contributed by atoms with van der Waals surface area (Å²) in [6.07, 6.45) is 2.99. The molecule has 20 heavy (non-hydrogen) atoms. The average Bonchev–Trinajstić information content (AvgIpc) is 2.48. The summed E-state index contributed by atoms with van der Waals surface area (Å²) in [5, 5.41) is 25.1. The van der Waals surface area contributed by atoms with Gasteiger partial charge in [-0.2, -0.15) is 0 Å². The summed E-state index contributed by atoms with van der Waals surface area (Å²) in [4.78, 5) is 15.7. The van der Waals surface area contributed by atoms with E-state index in [0.717, 1.165) is 0 Å². The number of hydrogen-bond donors (Lipinski definition) is 2. The van der Waals surface area contributed by atoms with Gasteiger partial charge >= 0.3 is 29.6 Å². The van der Waals surface area contributed by atoms with Crippen LogP contribution in [0.2, 0.25) is 0 Å². The van der Waals surface area contributed by atoms with Crippen molar-refractivity contribution in [1.82, 2.24) is 4.98 Å². The van der Waals surface area contributed by atoms with Gasteiger partial charge in [0.05, 0.1) is 0 Å². The van der Waals surface area contributed by atoms with E-state index in [1.165, 1.54) is 18.5 Å². The van der Waals surface area contributed by atoms with Gasteiger partial charge in [0.1, 0.15) is 0 Å². The van der Waals surface area contributed by atoms with Crippen molar-refractivity contribution in [3.63, 3.8) is 0 Å². The van der Waals surface area contributed by atoms with Crippen LogP contribution in [0.5, 0.6) is 0 Å². The van der Waals surface area contributed by atoms with E-state index in [1.807, 2.05) is 0 Å². The second-order valence-electron chi connectivity index (χ2n) is 3.64. The van der Waals surface area contributed by atoms with E-state index in [9.17, 15) is 9.90 Å². The van der Waals surface area contributed by atoms with E-state index < -0.39 is 5.90 Å². The van der Waals surface area contributed by atoms with Crippen LogP contribution >= 0.6 is 0 Å². The zero-order chi connectivity index (χ0) is 13.7. The van der Waals surface area contributed by atoms with Crippen molar-refractivity contribution in [2.24, 2.45) is 5.16 Å². The predicted octanol–water partition coefficient (Wildman–Crippen LogP) is -2.17. The summed E-state index contributed by atoms with van der Waals surface area (Å²) in [5.41, 5.74) is 0.817. The molecule has 1 amide bonds. The molecule has 1 aromatic carbocycles. The van der Waals surface area contributed by atoms with Crippen LogP contribution in [0.4, 0.5) is 5.69 Å². The number of oxime groups is 1. The zero-order valence-corrected chi connectivity index (χ0v) is 12.8. The number of rotatable bonds is 3. The number of hydrogen-bond acceptors (Lipinski definition) is 5. The Bertz CT molecular complexity index is 617. The standard InChI is InChI=1S/C13H11N3O3.Na/c17-12(9-5-7-14-8-6-9)15-11-4-2-1-3-10(11)13(18)16-19;/h1-8,19H,(H,15,17)(H,16,18);/q;+1/p-1. The van der Waals surface area contributed by atoms with Crippen LogP contribution in [0.1, 0.15) is 15.9 Å². The molecule has 0 unspecified atom stereocenters. The molecule has 0 atom stereocenters. The van der Waals surface area contributed by atoms with Crippen molar-refractivity contribution < 1.29 is 44.7 Å². The van der Waals surface area contributed by atoms with E-state index >= 15 is 0 Å². The number of anilines is 1. The Labute approximate surface area is 137 Å². The second-order valence-corrected chi connectivity index (χ2v) is 3.64. The van der Waals surface area contributed by atoms with Crippen LogP contribution in [-0.4, -0.2) is 22.0 Å². The number of para-hydroxylation sites is 1. The van der Waals surface area contributed by atoms with Crippen LogP contribution < -0.4 is 40.0 Å². The normalized spacial score (nSPS) is 10.5. The Balaban J connectivity index is 0.00000200. The summed E-state index contributed by atoms with van der Waals surface area (Å²) in [5.74, 6) is -1.19. The number of carbonyl (C=O) groups excluding carboxylic acids is 1. The molecule has 6 nitrogen and oxygen atoms in total. The van der Waals surface area contributed by atoms with Crippen LogP contribution in [0.15, 0.2) is 53.9 Å². The van der Waals surface area contributed by atoms with Gasteiger partial charge in [-0.25, -0.2) is 0 Å². The van der Waals surface area contributed by atoms with Gasteiger partial charge in [-0.3, -0.25) is 9.78 Å². The van der Waals surface area contributed by atoms with Crippen LogP contribution in [0.25, 0.3) is 0 Å². The third-order valence-electron chi connectivity index (χ3n) is 2.44. The Kier molecular flexibility index (Phi) is 6.17. The molecule has 96 valence electrons. The molecule has 0 bridgehead atoms. The topological polar surface area (TPSA) is 97.6 Å². The van der Waals surface area contributed by atoms with Crippen molar-refractivity contribution in [3.05, 3.63) is 59.9 Å². The van der Waals surface area contributed by atoms with Crippen LogP contribution in [0.3, 0.4) is 0 Å². The molecule has 2 N–H and O–H groups in total. The van der Waals surface area contributed by atoms with E-state index in [2.05, 4.69) is 15.5 Å². The van der Waals surface area contributed by atoms with Crippen molar-refractivity contribution in [3.8, 4) is 0 Å². The summed E-state index contributed by atoms with van der Waals surface area (Å²) in [7, 11) is 0. The first-order valence-corrected chi connectivity index (χ1v) is 5.42. The third-order valence-corrected chi connectivity index (χ3v) is 2.44. The molecule has 0 radical (unpaired) electrons.